The number of thiazole rings is 1. The Balaban J connectivity index is 1.69. The van der Waals surface area contributed by atoms with E-state index >= 15 is 0 Å². The van der Waals surface area contributed by atoms with Crippen LogP contribution in [-0.4, -0.2) is 17.6 Å². The number of hydrogen-bond acceptors (Lipinski definition) is 3. The molecule has 1 aliphatic carbocycles. The quantitative estimate of drug-likeness (QED) is 0.869. The van der Waals surface area contributed by atoms with Gasteiger partial charge in [0, 0.05) is 29.4 Å². The third-order valence-electron chi connectivity index (χ3n) is 3.83. The Hall–Kier alpha value is -1.19. The van der Waals surface area contributed by atoms with E-state index in [1.54, 1.807) is 0 Å². The Kier molecular flexibility index (Phi) is 4.18. The molecule has 1 saturated carbocycles. The van der Waals surface area contributed by atoms with Crippen LogP contribution < -0.4 is 5.32 Å². The van der Waals surface area contributed by atoms with Gasteiger partial charge in [-0.05, 0) is 31.7 Å². The van der Waals surface area contributed by atoms with Crippen LogP contribution in [0.4, 0.5) is 0 Å². The second-order valence-corrected chi connectivity index (χ2v) is 6.83. The van der Waals surface area contributed by atoms with Gasteiger partial charge in [-0.25, -0.2) is 4.98 Å². The monoisotopic (exact) mass is 286 g/mol. The topological polar surface area (TPSA) is 24.9 Å². The normalized spacial score (nSPS) is 14.7. The minimum atomic E-state index is 0.789. The molecule has 1 N–H and O–H groups in total. The van der Waals surface area contributed by atoms with Crippen LogP contribution in [0, 0.1) is 6.92 Å². The summed E-state index contributed by atoms with van der Waals surface area (Å²) in [4.78, 5) is 6.16. The summed E-state index contributed by atoms with van der Waals surface area (Å²) in [7, 11) is 0. The van der Waals surface area contributed by atoms with E-state index < -0.39 is 0 Å². The molecule has 3 rings (SSSR count). The van der Waals surface area contributed by atoms with Gasteiger partial charge in [-0.2, -0.15) is 0 Å². The molecular formula is C17H22N2S. The largest absolute Gasteiger partial charge is 0.314 e. The first-order chi connectivity index (χ1) is 9.76. The lowest BCUT2D eigenvalue weighted by molar-refractivity contribution is 0.680. The number of aromatic nitrogens is 1. The lowest BCUT2D eigenvalue weighted by atomic mass is 10.1. The van der Waals surface area contributed by atoms with E-state index in [9.17, 15) is 0 Å². The summed E-state index contributed by atoms with van der Waals surface area (Å²) in [5.41, 5.74) is 3.80. The van der Waals surface area contributed by atoms with Gasteiger partial charge in [0.1, 0.15) is 0 Å². The summed E-state index contributed by atoms with van der Waals surface area (Å²) in [6.07, 6.45) is 4.85. The number of rotatable bonds is 6. The van der Waals surface area contributed by atoms with E-state index in [1.807, 2.05) is 11.3 Å². The van der Waals surface area contributed by atoms with E-state index in [-0.39, 0.29) is 0 Å². The minimum Gasteiger partial charge on any atom is -0.314 e. The number of hydrogen-bond donors (Lipinski definition) is 1. The Labute approximate surface area is 125 Å². The lowest BCUT2D eigenvalue weighted by Gasteiger charge is -2.01. The molecular weight excluding hydrogens is 264 g/mol. The van der Waals surface area contributed by atoms with Crippen molar-refractivity contribution >= 4 is 11.3 Å². The van der Waals surface area contributed by atoms with Crippen molar-refractivity contribution in [3.63, 3.8) is 0 Å². The molecule has 1 aromatic heterocycles. The molecule has 1 aliphatic rings. The van der Waals surface area contributed by atoms with Crippen molar-refractivity contribution in [3.8, 4) is 11.3 Å². The van der Waals surface area contributed by atoms with Crippen molar-refractivity contribution in [1.29, 1.82) is 0 Å². The van der Waals surface area contributed by atoms with Crippen molar-refractivity contribution in [2.75, 3.05) is 6.54 Å². The van der Waals surface area contributed by atoms with Crippen LogP contribution in [0.2, 0.25) is 0 Å². The van der Waals surface area contributed by atoms with Gasteiger partial charge in [-0.3, -0.25) is 0 Å². The third-order valence-corrected chi connectivity index (χ3v) is 4.86. The molecule has 1 aromatic carbocycles. The number of aryl methyl sites for hydroxylation is 2. The van der Waals surface area contributed by atoms with Crippen LogP contribution in [0.3, 0.4) is 0 Å². The predicted molar refractivity (Wildman–Crippen MR) is 86.4 cm³/mol. The van der Waals surface area contributed by atoms with Gasteiger partial charge in [0.05, 0.1) is 10.7 Å². The van der Waals surface area contributed by atoms with Crippen LogP contribution in [0.5, 0.6) is 0 Å². The van der Waals surface area contributed by atoms with Gasteiger partial charge in [-0.15, -0.1) is 11.3 Å². The lowest BCUT2D eigenvalue weighted by Crippen LogP contribution is -2.19. The van der Waals surface area contributed by atoms with E-state index in [1.165, 1.54) is 39.5 Å². The predicted octanol–water partition coefficient (Wildman–Crippen LogP) is 3.98. The molecule has 20 heavy (non-hydrogen) atoms. The molecule has 0 unspecified atom stereocenters. The fraction of sp³-hybridized carbons (Fsp3) is 0.471. The highest BCUT2D eigenvalue weighted by molar-refractivity contribution is 7.12. The van der Waals surface area contributed by atoms with Gasteiger partial charge in [0.25, 0.3) is 0 Å². The maximum absolute atomic E-state index is 4.83. The average molecular weight is 286 g/mol. The SMILES string of the molecule is CCc1ccc(-c2nc(CCNC3CC3)sc2C)cc1. The standard InChI is InChI=1S/C17H22N2S/c1-3-13-4-6-14(7-5-13)17-12(2)20-16(19-17)10-11-18-15-8-9-15/h4-7,15,18H,3,8-11H2,1-2H3. The number of nitrogens with zero attached hydrogens (tertiary/aromatic N) is 1. The van der Waals surface area contributed by atoms with Gasteiger partial charge in [-0.1, -0.05) is 31.2 Å². The van der Waals surface area contributed by atoms with E-state index in [4.69, 9.17) is 4.98 Å². The zero-order chi connectivity index (χ0) is 13.9. The zero-order valence-corrected chi connectivity index (χ0v) is 13.1. The third kappa shape index (κ3) is 3.28. The second-order valence-electron chi connectivity index (χ2n) is 5.54. The maximum Gasteiger partial charge on any atom is 0.0948 e. The first-order valence-corrected chi connectivity index (χ1v) is 8.37. The van der Waals surface area contributed by atoms with Crippen LogP contribution in [-0.2, 0) is 12.8 Å². The highest BCUT2D eigenvalue weighted by atomic mass is 32.1. The molecule has 0 atom stereocenters. The van der Waals surface area contributed by atoms with Gasteiger partial charge >= 0.3 is 0 Å². The minimum absolute atomic E-state index is 0.789. The highest BCUT2D eigenvalue weighted by Crippen LogP contribution is 2.28. The zero-order valence-electron chi connectivity index (χ0n) is 12.3. The van der Waals surface area contributed by atoms with Gasteiger partial charge in [0.2, 0.25) is 0 Å². The van der Waals surface area contributed by atoms with Crippen molar-refractivity contribution in [3.05, 3.63) is 39.7 Å². The molecule has 1 heterocycles. The Bertz CT molecular complexity index is 567. The molecule has 0 aliphatic heterocycles. The number of benzene rings is 1. The molecule has 0 bridgehead atoms. The molecule has 0 saturated heterocycles. The Morgan fingerprint density at radius 3 is 2.65 bits per heavy atom. The van der Waals surface area contributed by atoms with Crippen LogP contribution in [0.1, 0.15) is 35.2 Å². The Morgan fingerprint density at radius 2 is 2.00 bits per heavy atom. The fourth-order valence-corrected chi connectivity index (χ4v) is 3.35. The first-order valence-electron chi connectivity index (χ1n) is 7.55. The maximum atomic E-state index is 4.83. The molecule has 3 heteroatoms. The molecule has 106 valence electrons. The number of nitrogens with one attached hydrogen (secondary N) is 1. The summed E-state index contributed by atoms with van der Waals surface area (Å²) in [5.74, 6) is 0. The van der Waals surface area contributed by atoms with Gasteiger partial charge < -0.3 is 5.32 Å². The smallest absolute Gasteiger partial charge is 0.0948 e. The molecule has 1 fully saturated rings. The van der Waals surface area contributed by atoms with Crippen LogP contribution >= 0.6 is 11.3 Å². The van der Waals surface area contributed by atoms with Crippen molar-refractivity contribution in [1.82, 2.24) is 10.3 Å². The Morgan fingerprint density at radius 1 is 1.25 bits per heavy atom. The van der Waals surface area contributed by atoms with Crippen molar-refractivity contribution in [2.24, 2.45) is 0 Å². The average Bonchev–Trinajstić information content (AvgIpc) is 3.21. The molecule has 0 amide bonds. The van der Waals surface area contributed by atoms with Crippen LogP contribution in [0.15, 0.2) is 24.3 Å². The highest BCUT2D eigenvalue weighted by Gasteiger charge is 2.20. The summed E-state index contributed by atoms with van der Waals surface area (Å²) in [6.45, 7) is 5.43. The molecule has 2 nitrogen and oxygen atoms in total. The molecule has 2 aromatic rings. The second kappa shape index (κ2) is 6.06. The summed E-state index contributed by atoms with van der Waals surface area (Å²) >= 11 is 1.84. The summed E-state index contributed by atoms with van der Waals surface area (Å²) in [6, 6.07) is 9.61. The fourth-order valence-electron chi connectivity index (χ4n) is 2.40. The molecule has 0 spiro atoms. The summed E-state index contributed by atoms with van der Waals surface area (Å²) in [5, 5.41) is 4.81. The first kappa shape index (κ1) is 13.8. The van der Waals surface area contributed by atoms with E-state index in [2.05, 4.69) is 43.4 Å². The molecule has 0 radical (unpaired) electrons. The van der Waals surface area contributed by atoms with E-state index in [0.717, 1.165) is 25.4 Å². The summed E-state index contributed by atoms with van der Waals surface area (Å²) < 4.78 is 0. The van der Waals surface area contributed by atoms with Crippen molar-refractivity contribution in [2.45, 2.75) is 45.6 Å². The van der Waals surface area contributed by atoms with Crippen LogP contribution in [0.25, 0.3) is 11.3 Å². The van der Waals surface area contributed by atoms with Gasteiger partial charge in [0.15, 0.2) is 0 Å². The van der Waals surface area contributed by atoms with E-state index in [0.29, 0.717) is 0 Å². The van der Waals surface area contributed by atoms with Crippen molar-refractivity contribution < 1.29 is 0 Å².